The third-order valence-corrected chi connectivity index (χ3v) is 2.87. The van der Waals surface area contributed by atoms with Crippen LogP contribution in [0.4, 0.5) is 0 Å². The molecule has 4 nitrogen and oxygen atoms in total. The van der Waals surface area contributed by atoms with Crippen LogP contribution in [0.5, 0.6) is 0 Å². The molecule has 0 rings (SSSR count). The van der Waals surface area contributed by atoms with Gasteiger partial charge >= 0.3 is 52.7 Å². The molecule has 0 saturated heterocycles. The summed E-state index contributed by atoms with van der Waals surface area (Å²) in [5.41, 5.74) is 0. The maximum absolute atomic E-state index is 9.24. The molecule has 0 radical (unpaired) electrons. The molecule has 0 bridgehead atoms. The maximum atomic E-state index is 9.24. The third-order valence-electron chi connectivity index (χ3n) is 0.109. The Morgan fingerprint density at radius 1 is 1.33 bits per heavy atom. The average Bonchev–Trinajstić information content (AvgIpc) is 1.35. The Balaban J connectivity index is 3.17. The van der Waals surface area contributed by atoms with E-state index in [9.17, 15) is 14.0 Å². The first-order valence-electron chi connectivity index (χ1n) is 0.853. The van der Waals surface area contributed by atoms with E-state index in [1.807, 2.05) is 0 Å². The molecule has 0 aromatic rings. The van der Waals surface area contributed by atoms with Crippen molar-refractivity contribution in [1.29, 1.82) is 0 Å². The zero-order valence-corrected chi connectivity index (χ0v) is 7.83. The van der Waals surface area contributed by atoms with E-state index in [2.05, 4.69) is 2.24 Å². The second kappa shape index (κ2) is 2.38. The molecule has 0 aromatic heterocycles. The predicted molar refractivity (Wildman–Crippen MR) is 6.84 cm³/mol. The van der Waals surface area contributed by atoms with Gasteiger partial charge in [-0.1, -0.05) is 0 Å². The van der Waals surface area contributed by atoms with Crippen LogP contribution in [0.15, 0.2) is 0 Å². The molecule has 6 heavy (non-hydrogen) atoms. The van der Waals surface area contributed by atoms with Gasteiger partial charge in [-0.2, -0.15) is 0 Å². The van der Waals surface area contributed by atoms with Crippen LogP contribution in [0.1, 0.15) is 0 Å². The van der Waals surface area contributed by atoms with Gasteiger partial charge in [-0.15, -0.1) is 0 Å². The summed E-state index contributed by atoms with van der Waals surface area (Å²) in [5.74, 6) is 0. The fourth-order valence-electron chi connectivity index (χ4n) is 0. The van der Waals surface area contributed by atoms with Gasteiger partial charge < -0.3 is 0 Å². The normalized spacial score (nSPS) is 11.7. The van der Waals surface area contributed by atoms with E-state index in [1.54, 1.807) is 0 Å². The van der Waals surface area contributed by atoms with Crippen LogP contribution in [-0.4, -0.2) is 26.2 Å². The minimum absolute atomic E-state index is 0.237. The van der Waals surface area contributed by atoms with Crippen molar-refractivity contribution in [2.75, 3.05) is 0 Å². The summed E-state index contributed by atoms with van der Waals surface area (Å²) in [7, 11) is -4.10. The van der Waals surface area contributed by atoms with Gasteiger partial charge in [-0.25, -0.2) is 0 Å². The third kappa shape index (κ3) is 5.05. The molecule has 0 saturated carbocycles. The Labute approximate surface area is 52.8 Å². The van der Waals surface area contributed by atoms with E-state index in [4.69, 9.17) is 0 Å². The van der Waals surface area contributed by atoms with Crippen molar-refractivity contribution in [3.8, 4) is 0 Å². The molecule has 0 aliphatic rings. The van der Waals surface area contributed by atoms with E-state index < -0.39 is 10.2 Å². The van der Waals surface area contributed by atoms with Crippen molar-refractivity contribution < 1.29 is 26.5 Å². The van der Waals surface area contributed by atoms with E-state index in [1.165, 1.54) is 0 Å². The van der Waals surface area contributed by atoms with E-state index >= 15 is 0 Å². The van der Waals surface area contributed by atoms with Gasteiger partial charge in [0.05, 0.1) is 0 Å². The van der Waals surface area contributed by atoms with Crippen molar-refractivity contribution in [2.24, 2.45) is 0 Å². The Hall–Kier alpha value is 1.05. The van der Waals surface area contributed by atoms with Crippen LogP contribution in [0.2, 0.25) is 0 Å². The van der Waals surface area contributed by atoms with E-state index in [0.29, 0.717) is 0 Å². The first kappa shape index (κ1) is 7.05. The molecule has 0 unspecified atom stereocenters. The Kier molecular flexibility index (Phi) is 2.80. The zero-order chi connectivity index (χ0) is 5.21. The fraction of sp³-hybridized carbons (Fsp3) is 0. The first-order chi connectivity index (χ1) is 2.56. The summed E-state index contributed by atoms with van der Waals surface area (Å²) < 4.78 is 31.2. The van der Waals surface area contributed by atoms with Gasteiger partial charge in [0.15, 0.2) is 0 Å². The van der Waals surface area contributed by atoms with Crippen molar-refractivity contribution in [1.82, 2.24) is 0 Å². The average molecular weight is 304 g/mol. The second-order valence-corrected chi connectivity index (χ2v) is 3.48. The molecule has 0 spiro atoms. The summed E-state index contributed by atoms with van der Waals surface area (Å²) in [6, 6.07) is 0. The predicted octanol–water partition coefficient (Wildman–Crippen LogP) is -4.02. The van der Waals surface area contributed by atoms with Crippen LogP contribution < -0.4 is 14.0 Å². The molecular formula is ClO4Tl. The van der Waals surface area contributed by atoms with Crippen LogP contribution in [-0.2, 0) is 2.24 Å². The summed E-state index contributed by atoms with van der Waals surface area (Å²) >= 11 is -0.237. The molecule has 0 N–H and O–H groups in total. The summed E-state index contributed by atoms with van der Waals surface area (Å²) in [6.45, 7) is 0. The number of hydrogen-bond acceptors (Lipinski definition) is 4. The quantitative estimate of drug-likeness (QED) is 0.462. The van der Waals surface area contributed by atoms with Gasteiger partial charge in [0, 0.05) is 0 Å². The van der Waals surface area contributed by atoms with Crippen LogP contribution in [0, 0.1) is 10.2 Å². The monoisotopic (exact) mass is 304 g/mol. The van der Waals surface area contributed by atoms with Gasteiger partial charge in [-0.05, 0) is 0 Å². The topological polar surface area (TPSA) is 78.4 Å². The van der Waals surface area contributed by atoms with Crippen molar-refractivity contribution in [2.45, 2.75) is 0 Å². The molecule has 0 fully saturated rings. The summed E-state index contributed by atoms with van der Waals surface area (Å²) in [5, 5.41) is 0. The standard InChI is InChI=1S/ClHO4.Tl/c2-1(3,4)5;/h(H,2,3,4,5);/q;+1/p-1. The minimum atomic E-state index is -4.10. The molecule has 0 aliphatic heterocycles. The molecular weight excluding hydrogens is 304 g/mol. The molecule has 6 heteroatoms. The van der Waals surface area contributed by atoms with Gasteiger partial charge in [0.25, 0.3) is 0 Å². The van der Waals surface area contributed by atoms with Crippen molar-refractivity contribution in [3.05, 3.63) is 0 Å². The van der Waals surface area contributed by atoms with E-state index in [-0.39, 0.29) is 26.2 Å². The molecule has 0 amide bonds. The number of halogens is 1. The Bertz CT molecular complexity index is 37.3. The second-order valence-electron chi connectivity index (χ2n) is 0.467. The molecule has 0 aliphatic carbocycles. The molecule has 0 heterocycles. The van der Waals surface area contributed by atoms with E-state index in [0.717, 1.165) is 0 Å². The Morgan fingerprint density at radius 3 is 1.50 bits per heavy atom. The van der Waals surface area contributed by atoms with Crippen LogP contribution in [0.3, 0.4) is 0 Å². The molecule has 0 atom stereocenters. The first-order valence-corrected chi connectivity index (χ1v) is 3.92. The fourth-order valence-corrected chi connectivity index (χ4v) is 0. The van der Waals surface area contributed by atoms with Crippen LogP contribution in [0.25, 0.3) is 0 Å². The van der Waals surface area contributed by atoms with Gasteiger partial charge in [0.1, 0.15) is 0 Å². The number of rotatable bonds is 1. The zero-order valence-electron chi connectivity index (χ0n) is 2.59. The van der Waals surface area contributed by atoms with Crippen molar-refractivity contribution in [3.63, 3.8) is 0 Å². The van der Waals surface area contributed by atoms with Crippen LogP contribution >= 0.6 is 0 Å². The SMILES string of the molecule is [O-][Cl+3]([O-])([O-])[O][Tl]. The molecule has 34 valence electrons. The number of hydrogen-bond donors (Lipinski definition) is 0. The van der Waals surface area contributed by atoms with Crippen molar-refractivity contribution >= 4 is 26.2 Å². The summed E-state index contributed by atoms with van der Waals surface area (Å²) in [4.78, 5) is 0. The molecule has 0 aromatic carbocycles. The van der Waals surface area contributed by atoms with Gasteiger partial charge in [0.2, 0.25) is 0 Å². The van der Waals surface area contributed by atoms with Gasteiger partial charge in [-0.3, -0.25) is 0 Å². The Morgan fingerprint density at radius 2 is 1.50 bits per heavy atom. The summed E-state index contributed by atoms with van der Waals surface area (Å²) in [6.07, 6.45) is 0.